The number of nitrogens with zero attached hydrogens (tertiary/aromatic N) is 3. The molecule has 1 atom stereocenters. The Morgan fingerprint density at radius 3 is 2.54 bits per heavy atom. The van der Waals surface area contributed by atoms with Crippen molar-refractivity contribution in [3.8, 4) is 11.5 Å². The maximum atomic E-state index is 11.9. The number of aromatic amines is 1. The van der Waals surface area contributed by atoms with Gasteiger partial charge >= 0.3 is 6.09 Å². The minimum Gasteiger partial charge on any atom is -0.497 e. The molecule has 200 valence electrons. The number of fused-ring (bicyclic) bond motifs is 1. The van der Waals surface area contributed by atoms with Crippen LogP contribution in [-0.2, 0) is 25.8 Å². The molecule has 0 saturated carbocycles. The van der Waals surface area contributed by atoms with Crippen molar-refractivity contribution in [3.05, 3.63) is 107 Å². The van der Waals surface area contributed by atoms with Crippen molar-refractivity contribution in [3.63, 3.8) is 0 Å². The SMILES string of the molecule is COc1ccc(Cn2c(CCc3ccccc3)nnc2C(Cc2c[nH]c3ccccc23)NC(=O)O)c(OC)c1. The number of methoxy groups -OCH3 is 2. The molecular formula is C30H31N5O4. The highest BCUT2D eigenvalue weighted by molar-refractivity contribution is 5.83. The molecule has 2 aromatic heterocycles. The third kappa shape index (κ3) is 5.87. The fourth-order valence-corrected chi connectivity index (χ4v) is 4.89. The van der Waals surface area contributed by atoms with Crippen molar-refractivity contribution < 1.29 is 19.4 Å². The number of ether oxygens (including phenoxy) is 2. The first-order valence-corrected chi connectivity index (χ1v) is 12.8. The van der Waals surface area contributed by atoms with Crippen LogP contribution in [0.25, 0.3) is 10.9 Å². The molecule has 1 amide bonds. The van der Waals surface area contributed by atoms with Gasteiger partial charge in [0.15, 0.2) is 5.82 Å². The van der Waals surface area contributed by atoms with Gasteiger partial charge in [0.1, 0.15) is 17.3 Å². The number of nitrogens with one attached hydrogen (secondary N) is 2. The molecule has 0 saturated heterocycles. The van der Waals surface area contributed by atoms with Crippen LogP contribution in [0.15, 0.2) is 79.0 Å². The maximum absolute atomic E-state index is 11.9. The molecule has 9 heteroatoms. The van der Waals surface area contributed by atoms with E-state index in [1.54, 1.807) is 14.2 Å². The predicted octanol–water partition coefficient (Wildman–Crippen LogP) is 5.16. The number of amides is 1. The van der Waals surface area contributed by atoms with E-state index < -0.39 is 12.1 Å². The number of benzene rings is 3. The molecule has 1 unspecified atom stereocenters. The van der Waals surface area contributed by atoms with E-state index in [0.717, 1.165) is 34.3 Å². The summed E-state index contributed by atoms with van der Waals surface area (Å²) in [5.74, 6) is 2.67. The van der Waals surface area contributed by atoms with Gasteiger partial charge in [0.05, 0.1) is 26.8 Å². The number of aromatic nitrogens is 4. The zero-order valence-corrected chi connectivity index (χ0v) is 21.9. The van der Waals surface area contributed by atoms with Gasteiger partial charge in [-0.2, -0.15) is 0 Å². The third-order valence-electron chi connectivity index (χ3n) is 6.87. The average Bonchev–Trinajstić information content (AvgIpc) is 3.56. The quantitative estimate of drug-likeness (QED) is 0.219. The molecule has 0 aliphatic rings. The van der Waals surface area contributed by atoms with E-state index in [2.05, 4.69) is 32.6 Å². The number of carbonyl (C=O) groups is 1. The summed E-state index contributed by atoms with van der Waals surface area (Å²) in [7, 11) is 3.23. The fraction of sp³-hybridized carbons (Fsp3) is 0.233. The fourth-order valence-electron chi connectivity index (χ4n) is 4.89. The first kappa shape index (κ1) is 25.8. The van der Waals surface area contributed by atoms with Gasteiger partial charge in [-0.3, -0.25) is 0 Å². The van der Waals surface area contributed by atoms with E-state index in [9.17, 15) is 9.90 Å². The monoisotopic (exact) mass is 525 g/mol. The van der Waals surface area contributed by atoms with Gasteiger partial charge in [-0.15, -0.1) is 10.2 Å². The van der Waals surface area contributed by atoms with E-state index in [-0.39, 0.29) is 0 Å². The Morgan fingerprint density at radius 2 is 1.77 bits per heavy atom. The first-order valence-electron chi connectivity index (χ1n) is 12.8. The van der Waals surface area contributed by atoms with Gasteiger partial charge in [-0.1, -0.05) is 48.5 Å². The summed E-state index contributed by atoms with van der Waals surface area (Å²) in [4.78, 5) is 15.2. The molecular weight excluding hydrogens is 494 g/mol. The number of aryl methyl sites for hydroxylation is 2. The van der Waals surface area contributed by atoms with Crippen LogP contribution in [0.2, 0.25) is 0 Å². The van der Waals surface area contributed by atoms with E-state index in [4.69, 9.17) is 9.47 Å². The van der Waals surface area contributed by atoms with Crippen LogP contribution < -0.4 is 14.8 Å². The summed E-state index contributed by atoms with van der Waals surface area (Å²) in [6.07, 6.45) is 2.63. The second kappa shape index (κ2) is 11.7. The molecule has 0 radical (unpaired) electrons. The lowest BCUT2D eigenvalue weighted by Gasteiger charge is -2.20. The molecule has 5 aromatic rings. The van der Waals surface area contributed by atoms with Gasteiger partial charge in [0.25, 0.3) is 0 Å². The van der Waals surface area contributed by atoms with E-state index in [0.29, 0.717) is 36.7 Å². The number of para-hydroxylation sites is 1. The highest BCUT2D eigenvalue weighted by Gasteiger charge is 2.25. The predicted molar refractivity (Wildman–Crippen MR) is 148 cm³/mol. The van der Waals surface area contributed by atoms with Crippen LogP contribution >= 0.6 is 0 Å². The smallest absolute Gasteiger partial charge is 0.405 e. The molecule has 2 heterocycles. The minimum absolute atomic E-state index is 0.408. The number of hydrogen-bond donors (Lipinski definition) is 3. The van der Waals surface area contributed by atoms with E-state index in [1.165, 1.54) is 5.56 Å². The zero-order chi connectivity index (χ0) is 27.2. The van der Waals surface area contributed by atoms with Crippen molar-refractivity contribution in [1.82, 2.24) is 25.1 Å². The van der Waals surface area contributed by atoms with Crippen molar-refractivity contribution in [1.29, 1.82) is 0 Å². The molecule has 0 fully saturated rings. The van der Waals surface area contributed by atoms with Crippen LogP contribution in [0.5, 0.6) is 11.5 Å². The molecule has 39 heavy (non-hydrogen) atoms. The number of rotatable bonds is 11. The summed E-state index contributed by atoms with van der Waals surface area (Å²) >= 11 is 0. The summed E-state index contributed by atoms with van der Waals surface area (Å²) in [5.41, 5.74) is 4.08. The Morgan fingerprint density at radius 1 is 0.974 bits per heavy atom. The van der Waals surface area contributed by atoms with Gasteiger partial charge in [-0.25, -0.2) is 4.79 Å². The summed E-state index contributed by atoms with van der Waals surface area (Å²) in [6, 6.07) is 23.2. The van der Waals surface area contributed by atoms with Crippen molar-refractivity contribution >= 4 is 17.0 Å². The Labute approximate surface area is 226 Å². The van der Waals surface area contributed by atoms with Crippen LogP contribution in [0.3, 0.4) is 0 Å². The third-order valence-corrected chi connectivity index (χ3v) is 6.87. The molecule has 0 aliphatic carbocycles. The van der Waals surface area contributed by atoms with Crippen LogP contribution in [0, 0.1) is 0 Å². The lowest BCUT2D eigenvalue weighted by molar-refractivity contribution is 0.189. The summed E-state index contributed by atoms with van der Waals surface area (Å²) in [6.45, 7) is 0.408. The molecule has 5 rings (SSSR count). The van der Waals surface area contributed by atoms with Gasteiger partial charge in [-0.05, 0) is 35.7 Å². The lowest BCUT2D eigenvalue weighted by atomic mass is 10.0. The van der Waals surface area contributed by atoms with Crippen LogP contribution in [0.1, 0.15) is 34.4 Å². The van der Waals surface area contributed by atoms with E-state index >= 15 is 0 Å². The van der Waals surface area contributed by atoms with Crippen molar-refractivity contribution in [2.24, 2.45) is 0 Å². The summed E-state index contributed by atoms with van der Waals surface area (Å²) in [5, 5.41) is 22.6. The second-order valence-electron chi connectivity index (χ2n) is 9.29. The Hall–Kier alpha value is -4.79. The standard InChI is InChI=1S/C30H31N5O4/c1-38-23-14-13-21(27(17-23)39-2)19-35-28(15-12-20-8-4-3-5-9-20)33-34-29(35)26(32-30(36)37)16-22-18-31-25-11-7-6-10-24(22)25/h3-11,13-14,17-18,26,31-32H,12,15-16,19H2,1-2H3,(H,36,37). The Balaban J connectivity index is 1.54. The molecule has 3 aromatic carbocycles. The molecule has 9 nitrogen and oxygen atoms in total. The average molecular weight is 526 g/mol. The molecule has 0 aliphatic heterocycles. The van der Waals surface area contributed by atoms with Gasteiger partial charge in [0, 0.05) is 41.6 Å². The number of hydrogen-bond acceptors (Lipinski definition) is 5. The summed E-state index contributed by atoms with van der Waals surface area (Å²) < 4.78 is 13.0. The van der Waals surface area contributed by atoms with Crippen LogP contribution in [-0.4, -0.2) is 45.2 Å². The first-order chi connectivity index (χ1) is 19.1. The van der Waals surface area contributed by atoms with E-state index in [1.807, 2.05) is 71.4 Å². The molecule has 0 spiro atoms. The number of carboxylic acid groups (broad SMARTS) is 1. The number of H-pyrrole nitrogens is 1. The minimum atomic E-state index is -1.12. The van der Waals surface area contributed by atoms with Crippen LogP contribution in [0.4, 0.5) is 4.79 Å². The highest BCUT2D eigenvalue weighted by Crippen LogP contribution is 2.29. The lowest BCUT2D eigenvalue weighted by Crippen LogP contribution is -2.31. The Bertz CT molecular complexity index is 1560. The zero-order valence-electron chi connectivity index (χ0n) is 21.9. The Kier molecular flexibility index (Phi) is 7.77. The largest absolute Gasteiger partial charge is 0.497 e. The molecule has 3 N–H and O–H groups in total. The van der Waals surface area contributed by atoms with Gasteiger partial charge < -0.3 is 29.4 Å². The highest BCUT2D eigenvalue weighted by atomic mass is 16.5. The van der Waals surface area contributed by atoms with Crippen molar-refractivity contribution in [2.45, 2.75) is 31.8 Å². The topological polar surface area (TPSA) is 114 Å². The maximum Gasteiger partial charge on any atom is 0.405 e. The van der Waals surface area contributed by atoms with Gasteiger partial charge in [0.2, 0.25) is 0 Å². The second-order valence-corrected chi connectivity index (χ2v) is 9.29. The normalized spacial score (nSPS) is 11.8. The van der Waals surface area contributed by atoms with Crippen molar-refractivity contribution in [2.75, 3.05) is 14.2 Å². The molecule has 0 bridgehead atoms.